The minimum absolute atomic E-state index is 0.246. The predicted molar refractivity (Wildman–Crippen MR) is 134 cm³/mol. The van der Waals surface area contributed by atoms with Gasteiger partial charge in [-0.2, -0.15) is 0 Å². The molecule has 174 valence electrons. The van der Waals surface area contributed by atoms with Crippen LogP contribution < -0.4 is 5.32 Å². The molecule has 0 fully saturated rings. The summed E-state index contributed by atoms with van der Waals surface area (Å²) in [5, 5.41) is 14.5. The van der Waals surface area contributed by atoms with Crippen LogP contribution in [0.15, 0.2) is 52.7 Å². The van der Waals surface area contributed by atoms with Crippen molar-refractivity contribution in [2.75, 3.05) is 5.32 Å². The highest BCUT2D eigenvalue weighted by Crippen LogP contribution is 2.28. The van der Waals surface area contributed by atoms with Crippen LogP contribution in [-0.2, 0) is 18.7 Å². The quantitative estimate of drug-likeness (QED) is 0.328. The van der Waals surface area contributed by atoms with Gasteiger partial charge in [0, 0.05) is 40.2 Å². The van der Waals surface area contributed by atoms with Crippen LogP contribution in [0.2, 0.25) is 0 Å². The van der Waals surface area contributed by atoms with E-state index < -0.39 is 0 Å². The van der Waals surface area contributed by atoms with Gasteiger partial charge >= 0.3 is 0 Å². The number of rotatable bonds is 6. The maximum atomic E-state index is 14.7. The largest absolute Gasteiger partial charge is 0.322 e. The number of nitrogens with one attached hydrogen (secondary N) is 1. The molecule has 0 aliphatic carbocycles. The van der Waals surface area contributed by atoms with E-state index in [2.05, 4.69) is 25.9 Å². The van der Waals surface area contributed by atoms with Gasteiger partial charge < -0.3 is 9.88 Å². The van der Waals surface area contributed by atoms with E-state index in [9.17, 15) is 9.18 Å². The van der Waals surface area contributed by atoms with E-state index in [-0.39, 0.29) is 11.7 Å². The molecule has 0 radical (unpaired) electrons. The fourth-order valence-corrected chi connectivity index (χ4v) is 5.51. The normalized spacial score (nSPS) is 13.4. The molecule has 9 heteroatoms. The van der Waals surface area contributed by atoms with Crippen LogP contribution in [0.5, 0.6) is 0 Å². The van der Waals surface area contributed by atoms with Gasteiger partial charge in [0.2, 0.25) is 0 Å². The number of aromatic nitrogens is 4. The number of amides is 1. The van der Waals surface area contributed by atoms with Crippen LogP contribution in [-0.4, -0.2) is 25.7 Å². The van der Waals surface area contributed by atoms with E-state index in [1.54, 1.807) is 47.4 Å². The van der Waals surface area contributed by atoms with E-state index in [0.29, 0.717) is 22.6 Å². The van der Waals surface area contributed by atoms with Gasteiger partial charge in [-0.25, -0.2) is 9.37 Å². The molecule has 0 bridgehead atoms. The molecule has 2 aromatic carbocycles. The summed E-state index contributed by atoms with van der Waals surface area (Å²) < 4.78 is 16.7. The lowest BCUT2D eigenvalue weighted by atomic mass is 10.1. The van der Waals surface area contributed by atoms with Crippen LogP contribution in [0, 0.1) is 12.7 Å². The second-order valence-corrected chi connectivity index (χ2v) is 10.3. The summed E-state index contributed by atoms with van der Waals surface area (Å²) in [5.41, 5.74) is 2.47. The first-order chi connectivity index (χ1) is 16.6. The molecule has 0 unspecified atom stereocenters. The zero-order chi connectivity index (χ0) is 23.5. The van der Waals surface area contributed by atoms with E-state index >= 15 is 0 Å². The van der Waals surface area contributed by atoms with Gasteiger partial charge in [0.05, 0.1) is 16.3 Å². The van der Waals surface area contributed by atoms with Gasteiger partial charge in [0.15, 0.2) is 5.82 Å². The molecule has 1 amide bonds. The van der Waals surface area contributed by atoms with Crippen LogP contribution in [0.1, 0.15) is 46.1 Å². The van der Waals surface area contributed by atoms with Crippen molar-refractivity contribution in [3.8, 4) is 11.4 Å². The predicted octanol–water partition coefficient (Wildman–Crippen LogP) is 6.12. The topological polar surface area (TPSA) is 72.7 Å². The summed E-state index contributed by atoms with van der Waals surface area (Å²) in [6.07, 6.45) is 4.07. The Morgan fingerprint density at radius 1 is 1.15 bits per heavy atom. The number of hydrogen-bond acceptors (Lipinski definition) is 6. The van der Waals surface area contributed by atoms with Crippen molar-refractivity contribution in [3.63, 3.8) is 0 Å². The molecule has 5 rings (SSSR count). The molecular weight excluding hydrogens is 469 g/mol. The zero-order valence-electron chi connectivity index (χ0n) is 18.8. The molecule has 0 saturated heterocycles. The highest BCUT2D eigenvalue weighted by atomic mass is 32.2. The van der Waals surface area contributed by atoms with E-state index in [4.69, 9.17) is 0 Å². The minimum atomic E-state index is -0.380. The monoisotopic (exact) mass is 493 g/mol. The number of anilines is 1. The van der Waals surface area contributed by atoms with Crippen LogP contribution >= 0.6 is 23.1 Å². The summed E-state index contributed by atoms with van der Waals surface area (Å²) in [6, 6.07) is 12.0. The third-order valence-electron chi connectivity index (χ3n) is 5.74. The number of nitrogens with zero attached hydrogens (tertiary/aromatic N) is 4. The van der Waals surface area contributed by atoms with Gasteiger partial charge in [-0.1, -0.05) is 6.42 Å². The van der Waals surface area contributed by atoms with Crippen molar-refractivity contribution in [2.24, 2.45) is 0 Å². The summed E-state index contributed by atoms with van der Waals surface area (Å²) in [4.78, 5) is 18.4. The lowest BCUT2D eigenvalue weighted by molar-refractivity contribution is 0.102. The highest BCUT2D eigenvalue weighted by Gasteiger charge is 2.19. The third-order valence-corrected chi connectivity index (χ3v) is 7.61. The fourth-order valence-electron chi connectivity index (χ4n) is 4.00. The highest BCUT2D eigenvalue weighted by molar-refractivity contribution is 7.98. The Kier molecular flexibility index (Phi) is 6.73. The Morgan fingerprint density at radius 3 is 2.79 bits per heavy atom. The summed E-state index contributed by atoms with van der Waals surface area (Å²) in [5.74, 6) is 1.57. The molecule has 1 aliphatic heterocycles. The molecule has 6 nitrogen and oxygen atoms in total. The lowest BCUT2D eigenvalue weighted by Gasteiger charge is -2.11. The number of carbonyl (C=O) groups excluding carboxylic acids is 1. The smallest absolute Gasteiger partial charge is 0.255 e. The summed E-state index contributed by atoms with van der Waals surface area (Å²) in [7, 11) is 0. The Labute approximate surface area is 205 Å². The van der Waals surface area contributed by atoms with E-state index in [1.165, 1.54) is 6.07 Å². The van der Waals surface area contributed by atoms with Crippen LogP contribution in [0.25, 0.3) is 11.4 Å². The Balaban J connectivity index is 1.28. The third kappa shape index (κ3) is 5.05. The molecule has 4 aromatic rings. The molecule has 2 aromatic heterocycles. The SMILES string of the molecule is Cc1nc(CSc2ccc(C(=O)Nc3ccc(F)c(-c4nnc5n4CCCCC5)c3)cc2)cs1. The number of thiazole rings is 1. The molecular formula is C25H24FN5OS2. The van der Waals surface area contributed by atoms with E-state index in [0.717, 1.165) is 59.4 Å². The number of carbonyl (C=O) groups is 1. The second-order valence-electron chi connectivity index (χ2n) is 8.22. The first-order valence-electron chi connectivity index (χ1n) is 11.2. The number of aryl methyl sites for hydroxylation is 2. The minimum Gasteiger partial charge on any atom is -0.322 e. The second kappa shape index (κ2) is 10.1. The van der Waals surface area contributed by atoms with Gasteiger partial charge in [-0.3, -0.25) is 4.79 Å². The Hall–Kier alpha value is -3.04. The van der Waals surface area contributed by atoms with Gasteiger partial charge in [-0.05, 0) is 62.2 Å². The van der Waals surface area contributed by atoms with Crippen molar-refractivity contribution in [3.05, 3.63) is 75.8 Å². The molecule has 0 saturated carbocycles. The van der Waals surface area contributed by atoms with Crippen molar-refractivity contribution < 1.29 is 9.18 Å². The molecule has 34 heavy (non-hydrogen) atoms. The standard InChI is InChI=1S/C25H24FN5OS2/c1-16-27-19(14-33-16)15-34-20-9-6-17(7-10-20)25(32)28-18-8-11-22(26)21(13-18)24-30-29-23-5-3-2-4-12-31(23)24/h6-11,13-14H,2-5,12,15H2,1H3,(H,28,32). The number of thioether (sulfide) groups is 1. The van der Waals surface area contributed by atoms with Gasteiger partial charge in [0.25, 0.3) is 5.91 Å². The average Bonchev–Trinajstić information content (AvgIpc) is 3.37. The van der Waals surface area contributed by atoms with Crippen LogP contribution in [0.4, 0.5) is 10.1 Å². The number of fused-ring (bicyclic) bond motifs is 1. The lowest BCUT2D eigenvalue weighted by Crippen LogP contribution is -2.12. The van der Waals surface area contributed by atoms with Crippen molar-refractivity contribution >= 4 is 34.7 Å². The Morgan fingerprint density at radius 2 is 2.00 bits per heavy atom. The van der Waals surface area contributed by atoms with Crippen molar-refractivity contribution in [1.82, 2.24) is 19.7 Å². The zero-order valence-corrected chi connectivity index (χ0v) is 20.4. The van der Waals surface area contributed by atoms with Gasteiger partial charge in [-0.15, -0.1) is 33.3 Å². The van der Waals surface area contributed by atoms with Gasteiger partial charge in [0.1, 0.15) is 11.6 Å². The molecule has 3 heterocycles. The maximum Gasteiger partial charge on any atom is 0.255 e. The molecule has 0 atom stereocenters. The Bertz CT molecular complexity index is 1320. The molecule has 1 aliphatic rings. The van der Waals surface area contributed by atoms with Crippen molar-refractivity contribution in [1.29, 1.82) is 0 Å². The maximum absolute atomic E-state index is 14.7. The average molecular weight is 494 g/mol. The summed E-state index contributed by atoms with van der Waals surface area (Å²) >= 11 is 3.33. The van der Waals surface area contributed by atoms with Crippen LogP contribution in [0.3, 0.4) is 0 Å². The first kappa shape index (κ1) is 22.7. The number of halogens is 1. The first-order valence-corrected chi connectivity index (χ1v) is 13.1. The molecule has 0 spiro atoms. The fraction of sp³-hybridized carbons (Fsp3) is 0.280. The van der Waals surface area contributed by atoms with E-state index in [1.807, 2.05) is 23.6 Å². The number of hydrogen-bond donors (Lipinski definition) is 1. The number of benzene rings is 2. The molecule has 1 N–H and O–H groups in total. The summed E-state index contributed by atoms with van der Waals surface area (Å²) in [6.45, 7) is 2.78. The van der Waals surface area contributed by atoms with Crippen molar-refractivity contribution in [2.45, 2.75) is 49.8 Å².